The molecule has 1 heterocycles. The summed E-state index contributed by atoms with van der Waals surface area (Å²) in [5.74, 6) is 1.39. The summed E-state index contributed by atoms with van der Waals surface area (Å²) in [7, 11) is 0. The normalized spacial score (nSPS) is 19.0. The van der Waals surface area contributed by atoms with Gasteiger partial charge in [-0.1, -0.05) is 37.3 Å². The summed E-state index contributed by atoms with van der Waals surface area (Å²) in [6.45, 7) is 10.3. The lowest BCUT2D eigenvalue weighted by Crippen LogP contribution is -2.38. The number of anilines is 1. The first-order valence-corrected chi connectivity index (χ1v) is 10.3. The van der Waals surface area contributed by atoms with Crippen LogP contribution in [0.15, 0.2) is 48.5 Å². The van der Waals surface area contributed by atoms with E-state index in [1.54, 1.807) is 6.92 Å². The van der Waals surface area contributed by atoms with Crippen LogP contribution in [0.2, 0.25) is 0 Å². The molecule has 1 amide bonds. The fraction of sp³-hybridized carbons (Fsp3) is 0.458. The highest BCUT2D eigenvalue weighted by Gasteiger charge is 2.19. The zero-order valence-electron chi connectivity index (χ0n) is 17.4. The van der Waals surface area contributed by atoms with E-state index in [0.717, 1.165) is 35.9 Å². The third-order valence-electron chi connectivity index (χ3n) is 5.54. The van der Waals surface area contributed by atoms with Crippen LogP contribution in [0.1, 0.15) is 50.8 Å². The van der Waals surface area contributed by atoms with Crippen LogP contribution >= 0.6 is 0 Å². The number of hydrogen-bond donors (Lipinski definition) is 1. The number of piperidine rings is 1. The van der Waals surface area contributed by atoms with Crippen LogP contribution in [0.4, 0.5) is 5.69 Å². The van der Waals surface area contributed by atoms with Crippen LogP contribution in [-0.4, -0.2) is 25.1 Å². The molecule has 1 fully saturated rings. The molecule has 0 bridgehead atoms. The fourth-order valence-electron chi connectivity index (χ4n) is 3.74. The minimum absolute atomic E-state index is 0.0650. The molecule has 0 radical (unpaired) electrons. The second-order valence-corrected chi connectivity index (χ2v) is 8.04. The molecular formula is C24H32N2O2. The summed E-state index contributed by atoms with van der Waals surface area (Å²) in [6, 6.07) is 16.3. The van der Waals surface area contributed by atoms with Gasteiger partial charge in [0.2, 0.25) is 0 Å². The predicted molar refractivity (Wildman–Crippen MR) is 115 cm³/mol. The van der Waals surface area contributed by atoms with Gasteiger partial charge < -0.3 is 15.0 Å². The van der Waals surface area contributed by atoms with Gasteiger partial charge in [0, 0.05) is 18.8 Å². The van der Waals surface area contributed by atoms with E-state index in [1.807, 2.05) is 38.1 Å². The number of nitrogens with zero attached hydrogens (tertiary/aromatic N) is 1. The van der Waals surface area contributed by atoms with Crippen LogP contribution in [0.3, 0.4) is 0 Å². The number of hydrogen-bond acceptors (Lipinski definition) is 3. The van der Waals surface area contributed by atoms with Gasteiger partial charge in [0.25, 0.3) is 5.91 Å². The van der Waals surface area contributed by atoms with Gasteiger partial charge in [0.15, 0.2) is 6.10 Å². The van der Waals surface area contributed by atoms with Crippen LogP contribution < -0.4 is 15.0 Å². The summed E-state index contributed by atoms with van der Waals surface area (Å²) in [5, 5.41) is 3.06. The topological polar surface area (TPSA) is 41.6 Å². The van der Waals surface area contributed by atoms with Crippen molar-refractivity contribution >= 4 is 11.6 Å². The van der Waals surface area contributed by atoms with E-state index < -0.39 is 6.10 Å². The van der Waals surface area contributed by atoms with E-state index in [2.05, 4.69) is 41.4 Å². The Morgan fingerprint density at radius 1 is 1.14 bits per heavy atom. The summed E-state index contributed by atoms with van der Waals surface area (Å²) >= 11 is 0. The van der Waals surface area contributed by atoms with Crippen molar-refractivity contribution < 1.29 is 9.53 Å². The minimum atomic E-state index is -0.544. The van der Waals surface area contributed by atoms with Gasteiger partial charge in [-0.05, 0) is 68.9 Å². The Kier molecular flexibility index (Phi) is 6.61. The van der Waals surface area contributed by atoms with Gasteiger partial charge >= 0.3 is 0 Å². The van der Waals surface area contributed by atoms with Crippen molar-refractivity contribution in [2.45, 2.75) is 52.7 Å². The first kappa shape index (κ1) is 20.2. The first-order valence-electron chi connectivity index (χ1n) is 10.3. The van der Waals surface area contributed by atoms with Crippen molar-refractivity contribution in [3.63, 3.8) is 0 Å². The van der Waals surface area contributed by atoms with Gasteiger partial charge in [0.05, 0.1) is 6.04 Å². The number of nitrogens with one attached hydrogen (secondary N) is 1. The van der Waals surface area contributed by atoms with Crippen molar-refractivity contribution in [1.29, 1.82) is 0 Å². The quantitative estimate of drug-likeness (QED) is 0.777. The Morgan fingerprint density at radius 3 is 2.54 bits per heavy atom. The van der Waals surface area contributed by atoms with Gasteiger partial charge in [0.1, 0.15) is 5.75 Å². The summed E-state index contributed by atoms with van der Waals surface area (Å²) in [5.41, 5.74) is 3.40. The smallest absolute Gasteiger partial charge is 0.261 e. The average Bonchev–Trinajstić information content (AvgIpc) is 2.69. The zero-order valence-corrected chi connectivity index (χ0v) is 17.4. The second-order valence-electron chi connectivity index (χ2n) is 8.04. The summed E-state index contributed by atoms with van der Waals surface area (Å²) < 4.78 is 5.83. The highest BCUT2D eigenvalue weighted by atomic mass is 16.5. The predicted octanol–water partition coefficient (Wildman–Crippen LogP) is 4.88. The largest absolute Gasteiger partial charge is 0.481 e. The second kappa shape index (κ2) is 9.13. The molecule has 0 aromatic heterocycles. The van der Waals surface area contributed by atoms with Crippen molar-refractivity contribution in [1.82, 2.24) is 5.32 Å². The maximum atomic E-state index is 12.5. The lowest BCUT2D eigenvalue weighted by Gasteiger charge is -2.33. The Balaban J connectivity index is 1.57. The van der Waals surface area contributed by atoms with Crippen molar-refractivity contribution in [2.75, 3.05) is 18.0 Å². The highest BCUT2D eigenvalue weighted by Crippen LogP contribution is 2.25. The third kappa shape index (κ3) is 5.06. The van der Waals surface area contributed by atoms with Crippen LogP contribution in [0, 0.1) is 12.8 Å². The van der Waals surface area contributed by atoms with Crippen LogP contribution in [-0.2, 0) is 4.79 Å². The number of ether oxygens (including phenoxy) is 1. The Hall–Kier alpha value is -2.49. The lowest BCUT2D eigenvalue weighted by atomic mass is 9.99. The number of para-hydroxylation sites is 1. The molecule has 0 unspecified atom stereocenters. The highest BCUT2D eigenvalue weighted by molar-refractivity contribution is 5.81. The van der Waals surface area contributed by atoms with E-state index in [1.165, 1.54) is 18.5 Å². The molecular weight excluding hydrogens is 348 g/mol. The molecule has 150 valence electrons. The fourth-order valence-corrected chi connectivity index (χ4v) is 3.74. The molecule has 0 spiro atoms. The zero-order chi connectivity index (χ0) is 20.1. The average molecular weight is 381 g/mol. The van der Waals surface area contributed by atoms with E-state index in [0.29, 0.717) is 0 Å². The van der Waals surface area contributed by atoms with E-state index in [-0.39, 0.29) is 11.9 Å². The van der Waals surface area contributed by atoms with Crippen molar-refractivity contribution in [2.24, 2.45) is 5.92 Å². The Labute approximate surface area is 168 Å². The molecule has 0 aliphatic carbocycles. The van der Waals surface area contributed by atoms with Gasteiger partial charge in [-0.25, -0.2) is 0 Å². The molecule has 1 aliphatic heterocycles. The molecule has 3 rings (SSSR count). The SMILES string of the molecule is Cc1ccccc1O[C@@H](C)C(=O)N[C@@H](C)c1ccc(N2CCC[C@@H](C)C2)cc1. The maximum absolute atomic E-state index is 12.5. The standard InChI is InChI=1S/C24H32N2O2/c1-17-8-7-15-26(16-17)22-13-11-21(12-14-22)19(3)25-24(27)20(4)28-23-10-6-5-9-18(23)2/h5-6,9-14,17,19-20H,7-8,15-16H2,1-4H3,(H,25,27)/t17-,19+,20+/m1/s1. The molecule has 4 heteroatoms. The molecule has 28 heavy (non-hydrogen) atoms. The minimum Gasteiger partial charge on any atom is -0.481 e. The van der Waals surface area contributed by atoms with Crippen molar-refractivity contribution in [3.8, 4) is 5.75 Å². The van der Waals surface area contributed by atoms with E-state index in [9.17, 15) is 4.79 Å². The number of benzene rings is 2. The summed E-state index contributed by atoms with van der Waals surface area (Å²) in [6.07, 6.45) is 2.03. The van der Waals surface area contributed by atoms with Crippen LogP contribution in [0.5, 0.6) is 5.75 Å². The molecule has 2 aromatic rings. The third-order valence-corrected chi connectivity index (χ3v) is 5.54. The molecule has 0 saturated carbocycles. The lowest BCUT2D eigenvalue weighted by molar-refractivity contribution is -0.127. The molecule has 1 aliphatic rings. The van der Waals surface area contributed by atoms with Gasteiger partial charge in [-0.15, -0.1) is 0 Å². The molecule has 1 saturated heterocycles. The molecule has 1 N–H and O–H groups in total. The number of amides is 1. The first-order chi connectivity index (χ1) is 13.4. The van der Waals surface area contributed by atoms with Crippen molar-refractivity contribution in [3.05, 3.63) is 59.7 Å². The number of aryl methyl sites for hydroxylation is 1. The van der Waals surface area contributed by atoms with E-state index >= 15 is 0 Å². The summed E-state index contributed by atoms with van der Waals surface area (Å²) in [4.78, 5) is 15.0. The molecule has 3 atom stereocenters. The van der Waals surface area contributed by atoms with E-state index in [4.69, 9.17) is 4.74 Å². The number of carbonyl (C=O) groups excluding carboxylic acids is 1. The number of carbonyl (C=O) groups is 1. The Morgan fingerprint density at radius 2 is 1.86 bits per heavy atom. The van der Waals surface area contributed by atoms with Gasteiger partial charge in [-0.2, -0.15) is 0 Å². The number of rotatable bonds is 6. The Bertz CT molecular complexity index is 787. The molecule has 4 nitrogen and oxygen atoms in total. The van der Waals surface area contributed by atoms with Gasteiger partial charge in [-0.3, -0.25) is 4.79 Å². The molecule has 2 aromatic carbocycles. The van der Waals surface area contributed by atoms with Crippen LogP contribution in [0.25, 0.3) is 0 Å². The monoisotopic (exact) mass is 380 g/mol. The maximum Gasteiger partial charge on any atom is 0.261 e.